The molecule has 1 aromatic heterocycles. The van der Waals surface area contributed by atoms with Gasteiger partial charge in [-0.15, -0.1) is 0 Å². The Kier molecular flexibility index (Phi) is 2.41. The second-order valence-electron chi connectivity index (χ2n) is 4.00. The van der Waals surface area contributed by atoms with Gasteiger partial charge in [0.2, 0.25) is 0 Å². The molecular weight excluding hydrogens is 268 g/mol. The second kappa shape index (κ2) is 3.87. The van der Waals surface area contributed by atoms with E-state index in [0.717, 1.165) is 12.1 Å². The van der Waals surface area contributed by atoms with Gasteiger partial charge in [0, 0.05) is 6.07 Å². The molecule has 2 N–H and O–H groups in total. The molecule has 0 fully saturated rings. The van der Waals surface area contributed by atoms with Crippen LogP contribution in [0.3, 0.4) is 0 Å². The summed E-state index contributed by atoms with van der Waals surface area (Å²) in [7, 11) is -4.50. The molecule has 0 amide bonds. The molecule has 1 heterocycles. The highest BCUT2D eigenvalue weighted by Gasteiger charge is 2.17. The number of fused-ring (bicyclic) bond motifs is 2. The van der Waals surface area contributed by atoms with Gasteiger partial charge in [-0.3, -0.25) is 4.55 Å². The molecule has 6 nitrogen and oxygen atoms in total. The van der Waals surface area contributed by atoms with Crippen molar-refractivity contribution in [1.29, 1.82) is 0 Å². The lowest BCUT2D eigenvalue weighted by Gasteiger charge is -2.04. The largest absolute Gasteiger partial charge is 0.506 e. The first-order chi connectivity index (χ1) is 8.95. The van der Waals surface area contributed by atoms with Gasteiger partial charge in [0.05, 0.1) is 22.1 Å². The van der Waals surface area contributed by atoms with Gasteiger partial charge in [0.15, 0.2) is 0 Å². The van der Waals surface area contributed by atoms with Gasteiger partial charge in [-0.05, 0) is 18.2 Å². The molecule has 0 aliphatic carbocycles. The number of phenolic OH excluding ortho intramolecular Hbond substituents is 1. The first-order valence-corrected chi connectivity index (χ1v) is 6.76. The van der Waals surface area contributed by atoms with Gasteiger partial charge in [-0.1, -0.05) is 12.1 Å². The second-order valence-corrected chi connectivity index (χ2v) is 5.39. The Hall–Kier alpha value is -2.25. The Bertz CT molecular complexity index is 906. The van der Waals surface area contributed by atoms with E-state index < -0.39 is 20.8 Å². The van der Waals surface area contributed by atoms with Crippen molar-refractivity contribution in [3.63, 3.8) is 0 Å². The van der Waals surface area contributed by atoms with Gasteiger partial charge in [0.25, 0.3) is 10.1 Å². The summed E-state index contributed by atoms with van der Waals surface area (Å²) in [4.78, 5) is 7.93. The van der Waals surface area contributed by atoms with Crippen LogP contribution in [-0.2, 0) is 10.1 Å². The summed E-state index contributed by atoms with van der Waals surface area (Å²) in [5.41, 5.74) is 1.86. The Morgan fingerprint density at radius 1 is 0.895 bits per heavy atom. The number of benzene rings is 2. The summed E-state index contributed by atoms with van der Waals surface area (Å²) in [5, 5.41) is 9.61. The molecule has 0 aliphatic rings. The van der Waals surface area contributed by atoms with E-state index in [2.05, 4.69) is 9.97 Å². The molecule has 19 heavy (non-hydrogen) atoms. The van der Waals surface area contributed by atoms with Crippen molar-refractivity contribution in [3.05, 3.63) is 36.4 Å². The van der Waals surface area contributed by atoms with Crippen molar-refractivity contribution in [2.24, 2.45) is 0 Å². The van der Waals surface area contributed by atoms with E-state index in [9.17, 15) is 13.5 Å². The number of hydrogen-bond acceptors (Lipinski definition) is 5. The maximum Gasteiger partial charge on any atom is 0.298 e. The van der Waals surface area contributed by atoms with Crippen LogP contribution in [0.2, 0.25) is 0 Å². The first kappa shape index (κ1) is 11.8. The van der Waals surface area contributed by atoms with Crippen LogP contribution in [0.25, 0.3) is 22.1 Å². The van der Waals surface area contributed by atoms with Crippen molar-refractivity contribution in [2.75, 3.05) is 0 Å². The summed E-state index contributed by atoms with van der Waals surface area (Å²) in [6.07, 6.45) is 0. The lowest BCUT2D eigenvalue weighted by Crippen LogP contribution is -1.99. The molecule has 0 atom stereocenters. The third-order valence-corrected chi connectivity index (χ3v) is 3.58. The minimum atomic E-state index is -4.50. The Morgan fingerprint density at radius 2 is 1.42 bits per heavy atom. The lowest BCUT2D eigenvalue weighted by atomic mass is 10.2. The monoisotopic (exact) mass is 276 g/mol. The molecule has 0 bridgehead atoms. The minimum absolute atomic E-state index is 0.282. The van der Waals surface area contributed by atoms with Crippen LogP contribution in [0.15, 0.2) is 41.3 Å². The number of phenols is 1. The van der Waals surface area contributed by atoms with E-state index in [1.165, 1.54) is 0 Å². The van der Waals surface area contributed by atoms with Crippen molar-refractivity contribution >= 4 is 32.2 Å². The zero-order valence-corrected chi connectivity index (χ0v) is 10.3. The van der Waals surface area contributed by atoms with Crippen LogP contribution >= 0.6 is 0 Å². The van der Waals surface area contributed by atoms with E-state index in [4.69, 9.17) is 4.55 Å². The molecule has 7 heteroatoms. The number of para-hydroxylation sites is 2. The quantitative estimate of drug-likeness (QED) is 0.518. The number of aromatic hydroxyl groups is 1. The predicted octanol–water partition coefficient (Wildman–Crippen LogP) is 1.74. The molecule has 0 spiro atoms. The fourth-order valence-electron chi connectivity index (χ4n) is 1.85. The zero-order chi connectivity index (χ0) is 13.6. The average molecular weight is 276 g/mol. The van der Waals surface area contributed by atoms with E-state index in [0.29, 0.717) is 16.6 Å². The van der Waals surface area contributed by atoms with Crippen LogP contribution in [0.1, 0.15) is 0 Å². The predicted molar refractivity (Wildman–Crippen MR) is 68.5 cm³/mol. The summed E-state index contributed by atoms with van der Waals surface area (Å²) < 4.78 is 31.2. The Morgan fingerprint density at radius 3 is 1.95 bits per heavy atom. The van der Waals surface area contributed by atoms with E-state index >= 15 is 0 Å². The highest BCUT2D eigenvalue weighted by molar-refractivity contribution is 7.86. The third kappa shape index (κ3) is 1.98. The molecule has 0 saturated heterocycles. The number of aromatic nitrogens is 2. The van der Waals surface area contributed by atoms with Crippen molar-refractivity contribution in [2.45, 2.75) is 4.90 Å². The first-order valence-electron chi connectivity index (χ1n) is 5.32. The van der Waals surface area contributed by atoms with E-state index in [1.54, 1.807) is 24.3 Å². The van der Waals surface area contributed by atoms with Crippen molar-refractivity contribution in [3.8, 4) is 5.75 Å². The molecule has 2 aromatic carbocycles. The van der Waals surface area contributed by atoms with E-state index in [-0.39, 0.29) is 5.52 Å². The van der Waals surface area contributed by atoms with Crippen molar-refractivity contribution in [1.82, 2.24) is 9.97 Å². The summed E-state index contributed by atoms with van der Waals surface area (Å²) in [6, 6.07) is 9.34. The number of nitrogens with zero attached hydrogens (tertiary/aromatic N) is 2. The van der Waals surface area contributed by atoms with Crippen LogP contribution < -0.4 is 0 Å². The van der Waals surface area contributed by atoms with Crippen LogP contribution in [0.4, 0.5) is 0 Å². The van der Waals surface area contributed by atoms with Gasteiger partial charge in [-0.2, -0.15) is 8.42 Å². The molecule has 96 valence electrons. The van der Waals surface area contributed by atoms with Gasteiger partial charge in [0.1, 0.15) is 10.6 Å². The highest BCUT2D eigenvalue weighted by Crippen LogP contribution is 2.27. The zero-order valence-electron chi connectivity index (χ0n) is 9.48. The van der Waals surface area contributed by atoms with Crippen LogP contribution in [0.5, 0.6) is 5.75 Å². The molecule has 0 unspecified atom stereocenters. The van der Waals surface area contributed by atoms with Crippen LogP contribution in [-0.4, -0.2) is 28.0 Å². The smallest absolute Gasteiger partial charge is 0.298 e. The topological polar surface area (TPSA) is 100 Å². The summed E-state index contributed by atoms with van der Waals surface area (Å²) >= 11 is 0. The van der Waals surface area contributed by atoms with Crippen molar-refractivity contribution < 1.29 is 18.1 Å². The number of rotatable bonds is 1. The van der Waals surface area contributed by atoms with Gasteiger partial charge in [-0.25, -0.2) is 9.97 Å². The molecular formula is C12H8N2O4S. The highest BCUT2D eigenvalue weighted by atomic mass is 32.2. The molecule has 0 saturated carbocycles. The molecule has 0 aliphatic heterocycles. The summed E-state index contributed by atoms with van der Waals surface area (Å²) in [5.74, 6) is -0.556. The normalized spacial score (nSPS) is 12.1. The van der Waals surface area contributed by atoms with Crippen LogP contribution in [0, 0.1) is 0 Å². The maximum atomic E-state index is 11.1. The third-order valence-electron chi connectivity index (χ3n) is 2.70. The Balaban J connectivity index is 2.43. The molecule has 0 radical (unpaired) electrons. The molecule has 3 rings (SSSR count). The Labute approximate surface area is 108 Å². The standard InChI is InChI=1S/C12H8N2O4S/c15-11-5-9-10(6-12(11)19(16,17)18)14-8-4-2-1-3-7(8)13-9/h1-6,15H,(H,16,17,18). The van der Waals surface area contributed by atoms with Gasteiger partial charge >= 0.3 is 0 Å². The fraction of sp³-hybridized carbons (Fsp3) is 0. The minimum Gasteiger partial charge on any atom is -0.506 e. The average Bonchev–Trinajstić information content (AvgIpc) is 2.34. The lowest BCUT2D eigenvalue weighted by molar-refractivity contribution is 0.444. The van der Waals surface area contributed by atoms with Gasteiger partial charge < -0.3 is 5.11 Å². The fourth-order valence-corrected chi connectivity index (χ4v) is 2.43. The number of hydrogen-bond donors (Lipinski definition) is 2. The van der Waals surface area contributed by atoms with E-state index in [1.807, 2.05) is 0 Å². The summed E-state index contributed by atoms with van der Waals surface area (Å²) in [6.45, 7) is 0. The maximum absolute atomic E-state index is 11.1. The molecule has 3 aromatic rings. The SMILES string of the molecule is O=S(=O)(O)c1cc2nc3ccccc3nc2cc1O.